The van der Waals surface area contributed by atoms with Crippen LogP contribution in [-0.4, -0.2) is 9.13 Å². The van der Waals surface area contributed by atoms with Gasteiger partial charge in [-0.05, 0) is 219 Å². The molecule has 550 valence electrons. The molecule has 0 N–H and O–H groups in total. The molecule has 4 nitrogen and oxygen atoms in total. The number of aromatic nitrogens is 2. The van der Waals surface area contributed by atoms with Crippen LogP contribution in [0.2, 0.25) is 0 Å². The number of nitrogens with zero attached hydrogens (tertiary/aromatic N) is 4. The Morgan fingerprint density at radius 3 is 0.815 bits per heavy atom. The normalized spacial score (nSPS) is 13.1. The Morgan fingerprint density at radius 2 is 0.528 bits per heavy atom. The summed E-state index contributed by atoms with van der Waals surface area (Å²) in [6.45, 7) is 0. The van der Waals surface area contributed by atoms with Gasteiger partial charge < -0.3 is 9.13 Å². The number of hydrogen-bond donors (Lipinski definition) is 0. The molecule has 0 fully saturated rings. The summed E-state index contributed by atoms with van der Waals surface area (Å²) in [5.41, 5.74) is -23.9. The predicted octanol–water partition coefficient (Wildman–Crippen LogP) is 26.8. The lowest BCUT2D eigenvalue weighted by atomic mass is 9.91. The Hall–Kier alpha value is -11.9. The fourth-order valence-electron chi connectivity index (χ4n) is 13.0. The summed E-state index contributed by atoms with van der Waals surface area (Å²) in [4.78, 5) is 0. The molecule has 0 atom stereocenters. The lowest BCUT2D eigenvalue weighted by Crippen LogP contribution is -2.11. The van der Waals surface area contributed by atoms with E-state index in [0.29, 0.717) is 54.6 Å². The third kappa shape index (κ3) is 14.0. The number of alkyl halides is 27. The summed E-state index contributed by atoms with van der Waals surface area (Å²) in [5.74, 6) is 0. The fourth-order valence-corrected chi connectivity index (χ4v) is 13.0. The van der Waals surface area contributed by atoms with Crippen LogP contribution in [0.5, 0.6) is 0 Å². The molecule has 0 aliphatic rings. The number of fused-ring (bicyclic) bond motifs is 6. The van der Waals surface area contributed by atoms with Crippen LogP contribution >= 0.6 is 0 Å². The van der Waals surface area contributed by atoms with Crippen LogP contribution in [0.25, 0.3) is 122 Å². The maximum atomic E-state index is 15.3. The molecule has 13 aromatic rings. The second-order valence-electron chi connectivity index (χ2n) is 24.7. The minimum atomic E-state index is -5.42. The average molecular weight is 1530 g/mol. The van der Waals surface area contributed by atoms with Crippen molar-refractivity contribution in [1.29, 1.82) is 10.5 Å². The SMILES string of the molecule is N#Cc1ccc(-c2ccc(-n3c4ccc(-c5cc(C(F)(F)F)cc(C(F)(F)F)c5)cc4c4cc(-c5cc(C(F)(F)F)cc(C(F)(F)F)c5)ccc43)c(-c3cc(-n4c5ccc(-c6cc(C(F)(F)F)cc(C(F)(F)F)c6)cc5c5cc(-c6cc(C(F)(F)F)cc(C(F)(F)F)c6)ccc54)ccc3C#N)c2)c(C(F)(F)F)c1. The Bertz CT molecular complexity index is 5550. The van der Waals surface area contributed by atoms with E-state index in [9.17, 15) is 116 Å². The van der Waals surface area contributed by atoms with E-state index >= 15 is 13.2 Å². The first-order valence-corrected chi connectivity index (χ1v) is 30.7. The van der Waals surface area contributed by atoms with E-state index in [1.54, 1.807) is 6.07 Å². The summed E-state index contributed by atoms with van der Waals surface area (Å²) < 4.78 is 394. The molecule has 0 unspecified atom stereocenters. The topological polar surface area (TPSA) is 57.4 Å². The first-order valence-electron chi connectivity index (χ1n) is 30.7. The van der Waals surface area contributed by atoms with Crippen LogP contribution in [0.4, 0.5) is 119 Å². The van der Waals surface area contributed by atoms with Crippen LogP contribution in [0.1, 0.15) is 61.2 Å². The van der Waals surface area contributed by atoms with Gasteiger partial charge in [0.2, 0.25) is 0 Å². The minimum absolute atomic E-state index is 0.105. The summed E-state index contributed by atoms with van der Waals surface area (Å²) in [6, 6.07) is 27.6. The van der Waals surface area contributed by atoms with Crippen molar-refractivity contribution >= 4 is 43.6 Å². The smallest absolute Gasteiger partial charge is 0.309 e. The first kappa shape index (κ1) is 74.4. The quantitative estimate of drug-likeness (QED) is 0.142. The van der Waals surface area contributed by atoms with Crippen molar-refractivity contribution in [1.82, 2.24) is 9.13 Å². The maximum absolute atomic E-state index is 15.3. The zero-order chi connectivity index (χ0) is 78.5. The first-order chi connectivity index (χ1) is 50.1. The van der Waals surface area contributed by atoms with Crippen molar-refractivity contribution < 1.29 is 119 Å². The number of hydrogen-bond acceptors (Lipinski definition) is 2. The molecule has 0 radical (unpaired) electrons. The minimum Gasteiger partial charge on any atom is -0.309 e. The van der Waals surface area contributed by atoms with Crippen molar-refractivity contribution in [3.8, 4) is 90.3 Å². The lowest BCUT2D eigenvalue weighted by molar-refractivity contribution is -0.144. The molecule has 2 heterocycles. The van der Waals surface area contributed by atoms with Crippen molar-refractivity contribution in [3.05, 3.63) is 261 Å². The fraction of sp³-hybridized carbons (Fsp3) is 0.117. The van der Waals surface area contributed by atoms with E-state index < -0.39 is 167 Å². The third-order valence-corrected chi connectivity index (χ3v) is 17.9. The number of nitriles is 2. The van der Waals surface area contributed by atoms with Gasteiger partial charge in [0.25, 0.3) is 0 Å². The van der Waals surface area contributed by atoms with Gasteiger partial charge in [-0.3, -0.25) is 0 Å². The standard InChI is InChI=1S/C77H33F27N4/c78-69(79,80)47-16-43(17-48(29-47)70(81,82)83)37-3-10-64-59(24-37)60-25-38(44-18-49(71(84,85)86)30-50(19-44)72(87,88)89)4-11-65(60)107(64)55-8-2-42(35-106)57(33-55)58-28-41(56-9-1-36(34-105)15-63(56)77(102,103)104)7-14-66(58)108-67-12-5-39(45-20-51(73(90,91)92)31-52(21-45)74(93,94)95)26-61(67)62-27-40(6-13-68(62)108)46-22-53(75(96,97)98)32-54(23-46)76(99,100)101/h1-33H. The van der Waals surface area contributed by atoms with E-state index in [-0.39, 0.29) is 95.9 Å². The molecule has 108 heavy (non-hydrogen) atoms. The lowest BCUT2D eigenvalue weighted by Gasteiger charge is -2.20. The van der Waals surface area contributed by atoms with Crippen molar-refractivity contribution in [3.63, 3.8) is 0 Å². The molecule has 0 aliphatic heterocycles. The van der Waals surface area contributed by atoms with Gasteiger partial charge in [-0.15, -0.1) is 0 Å². The largest absolute Gasteiger partial charge is 0.417 e. The number of benzene rings is 11. The van der Waals surface area contributed by atoms with Gasteiger partial charge in [0, 0.05) is 38.4 Å². The van der Waals surface area contributed by atoms with E-state index in [1.165, 1.54) is 21.3 Å². The second-order valence-corrected chi connectivity index (χ2v) is 24.7. The van der Waals surface area contributed by atoms with E-state index in [4.69, 9.17) is 0 Å². The molecule has 0 amide bonds. The summed E-state index contributed by atoms with van der Waals surface area (Å²) in [7, 11) is 0. The zero-order valence-electron chi connectivity index (χ0n) is 53.0. The van der Waals surface area contributed by atoms with Gasteiger partial charge >= 0.3 is 55.6 Å². The summed E-state index contributed by atoms with van der Waals surface area (Å²) in [5, 5.41) is 20.0. The van der Waals surface area contributed by atoms with Gasteiger partial charge in [-0.1, -0.05) is 36.4 Å². The zero-order valence-corrected chi connectivity index (χ0v) is 53.0. The molecular weight excluding hydrogens is 1490 g/mol. The molecule has 0 aliphatic carbocycles. The van der Waals surface area contributed by atoms with Gasteiger partial charge in [0.1, 0.15) is 0 Å². The Labute approximate surface area is 587 Å². The molecule has 0 bridgehead atoms. The second kappa shape index (κ2) is 25.4. The molecule has 0 saturated heterocycles. The van der Waals surface area contributed by atoms with Crippen molar-refractivity contribution in [2.75, 3.05) is 0 Å². The highest BCUT2D eigenvalue weighted by molar-refractivity contribution is 6.14. The summed E-state index contributed by atoms with van der Waals surface area (Å²) >= 11 is 0. The van der Waals surface area contributed by atoms with Gasteiger partial charge in [-0.2, -0.15) is 129 Å². The Kier molecular flexibility index (Phi) is 17.5. The van der Waals surface area contributed by atoms with Gasteiger partial charge in [0.05, 0.1) is 101 Å². The van der Waals surface area contributed by atoms with Crippen molar-refractivity contribution in [2.45, 2.75) is 55.6 Å². The molecule has 0 spiro atoms. The monoisotopic (exact) mass is 1530 g/mol. The highest BCUT2D eigenvalue weighted by Crippen LogP contribution is 2.50. The third-order valence-electron chi connectivity index (χ3n) is 17.9. The van der Waals surface area contributed by atoms with Crippen LogP contribution in [0.3, 0.4) is 0 Å². The molecular formula is C77H33F27N4. The highest BCUT2D eigenvalue weighted by Gasteiger charge is 2.43. The van der Waals surface area contributed by atoms with Crippen LogP contribution in [-0.2, 0) is 55.6 Å². The summed E-state index contributed by atoms with van der Waals surface area (Å²) in [6.07, 6.45) is -48.6. The van der Waals surface area contributed by atoms with Gasteiger partial charge in [-0.25, -0.2) is 0 Å². The van der Waals surface area contributed by atoms with Crippen LogP contribution in [0, 0.1) is 22.7 Å². The van der Waals surface area contributed by atoms with E-state index in [2.05, 4.69) is 0 Å². The molecule has 2 aromatic heterocycles. The average Bonchev–Trinajstić information content (AvgIpc) is 1.58. The molecule has 0 saturated carbocycles. The molecule has 11 aromatic carbocycles. The van der Waals surface area contributed by atoms with E-state index in [1.807, 2.05) is 6.07 Å². The Balaban J connectivity index is 1.12. The number of rotatable bonds is 8. The van der Waals surface area contributed by atoms with Crippen LogP contribution < -0.4 is 0 Å². The highest BCUT2D eigenvalue weighted by atomic mass is 19.4. The predicted molar refractivity (Wildman–Crippen MR) is 342 cm³/mol. The molecule has 31 heteroatoms. The maximum Gasteiger partial charge on any atom is 0.417 e. The number of halogens is 27. The van der Waals surface area contributed by atoms with Crippen LogP contribution in [0.15, 0.2) is 200 Å². The van der Waals surface area contributed by atoms with Crippen molar-refractivity contribution in [2.24, 2.45) is 0 Å². The Morgan fingerprint density at radius 1 is 0.222 bits per heavy atom. The van der Waals surface area contributed by atoms with E-state index in [0.717, 1.165) is 109 Å². The molecule has 13 rings (SSSR count). The van der Waals surface area contributed by atoms with Gasteiger partial charge in [0.15, 0.2) is 0 Å².